The molecule has 0 atom stereocenters. The van der Waals surface area contributed by atoms with Gasteiger partial charge in [-0.25, -0.2) is 4.90 Å². The minimum absolute atomic E-state index is 0.171. The molecule has 118 valence electrons. The van der Waals surface area contributed by atoms with Crippen LogP contribution in [0.5, 0.6) is 0 Å². The molecule has 0 fully saturated rings. The van der Waals surface area contributed by atoms with E-state index in [4.69, 9.17) is 11.6 Å². The molecule has 0 bridgehead atoms. The maximum absolute atomic E-state index is 12.5. The van der Waals surface area contributed by atoms with Crippen molar-refractivity contribution in [2.45, 2.75) is 0 Å². The molecule has 0 saturated carbocycles. The Kier molecular flexibility index (Phi) is 4.04. The number of halogens is 1. The minimum Gasteiger partial charge on any atom is -0.322 e. The summed E-state index contributed by atoms with van der Waals surface area (Å²) in [5, 5.41) is 2.74. The Morgan fingerprint density at radius 3 is 2.29 bits per heavy atom. The van der Waals surface area contributed by atoms with Gasteiger partial charge in [-0.15, -0.1) is 5.73 Å². The lowest BCUT2D eigenvalue weighted by atomic mass is 10.1. The standard InChI is InChI=1S/C18H11ClN2O3/c1-2-5-16(22)20-11-8-9-15(14(19)10-11)21-17(23)12-6-3-4-7-13(12)18(21)24/h3-10H,1H2,(H,20,22). The predicted octanol–water partition coefficient (Wildman–Crippen LogP) is 3.42. The molecule has 1 heterocycles. The van der Waals surface area contributed by atoms with Gasteiger partial charge in [0, 0.05) is 11.8 Å². The van der Waals surface area contributed by atoms with Crippen LogP contribution in [-0.4, -0.2) is 17.7 Å². The van der Waals surface area contributed by atoms with Crippen molar-refractivity contribution in [3.63, 3.8) is 0 Å². The van der Waals surface area contributed by atoms with Gasteiger partial charge in [-0.1, -0.05) is 30.3 Å². The van der Waals surface area contributed by atoms with Gasteiger partial charge in [0.25, 0.3) is 17.7 Å². The van der Waals surface area contributed by atoms with Crippen LogP contribution in [0.2, 0.25) is 5.02 Å². The van der Waals surface area contributed by atoms with Crippen LogP contribution in [0.25, 0.3) is 0 Å². The summed E-state index contributed by atoms with van der Waals surface area (Å²) in [6.07, 6.45) is 1.14. The fourth-order valence-electron chi connectivity index (χ4n) is 2.45. The first kappa shape index (κ1) is 15.7. The molecule has 0 aliphatic carbocycles. The number of nitrogens with one attached hydrogen (secondary N) is 1. The first-order valence-electron chi connectivity index (χ1n) is 6.97. The van der Waals surface area contributed by atoms with Crippen LogP contribution in [0.1, 0.15) is 20.7 Å². The number of anilines is 2. The number of benzene rings is 2. The summed E-state index contributed by atoms with van der Waals surface area (Å²) in [4.78, 5) is 37.4. The second-order valence-electron chi connectivity index (χ2n) is 5.00. The Balaban J connectivity index is 1.94. The van der Waals surface area contributed by atoms with Crippen LogP contribution >= 0.6 is 11.6 Å². The lowest BCUT2D eigenvalue weighted by Gasteiger charge is -2.16. The molecule has 6 heteroatoms. The molecule has 1 aliphatic rings. The molecule has 2 aromatic carbocycles. The zero-order chi connectivity index (χ0) is 17.3. The van der Waals surface area contributed by atoms with Gasteiger partial charge < -0.3 is 5.32 Å². The molecule has 0 aromatic heterocycles. The van der Waals surface area contributed by atoms with Crippen molar-refractivity contribution in [3.8, 4) is 0 Å². The molecule has 2 aromatic rings. The number of hydrogen-bond acceptors (Lipinski definition) is 3. The average molecular weight is 339 g/mol. The monoisotopic (exact) mass is 338 g/mol. The normalized spacial score (nSPS) is 12.6. The van der Waals surface area contributed by atoms with E-state index in [2.05, 4.69) is 17.6 Å². The SMILES string of the molecule is C=C=CC(=O)Nc1ccc(N2C(=O)c3ccccc3C2=O)c(Cl)c1. The summed E-state index contributed by atoms with van der Waals surface area (Å²) >= 11 is 6.21. The number of rotatable bonds is 3. The number of hydrogen-bond donors (Lipinski definition) is 1. The van der Waals surface area contributed by atoms with Crippen LogP contribution in [0.3, 0.4) is 0 Å². The molecule has 1 aliphatic heterocycles. The lowest BCUT2D eigenvalue weighted by Crippen LogP contribution is -2.29. The number of imide groups is 1. The first-order valence-corrected chi connectivity index (χ1v) is 7.35. The molecule has 3 amide bonds. The van der Waals surface area contributed by atoms with Crippen molar-refractivity contribution < 1.29 is 14.4 Å². The third kappa shape index (κ3) is 2.63. The highest BCUT2D eigenvalue weighted by Crippen LogP contribution is 2.34. The van der Waals surface area contributed by atoms with Crippen molar-refractivity contribution in [2.24, 2.45) is 0 Å². The molecule has 0 saturated heterocycles. The van der Waals surface area contributed by atoms with E-state index in [1.165, 1.54) is 12.1 Å². The van der Waals surface area contributed by atoms with Gasteiger partial charge in [-0.2, -0.15) is 0 Å². The molecule has 3 rings (SSSR count). The van der Waals surface area contributed by atoms with Crippen LogP contribution in [0.15, 0.2) is 60.9 Å². The second-order valence-corrected chi connectivity index (χ2v) is 5.40. The van der Waals surface area contributed by atoms with E-state index in [-0.39, 0.29) is 10.7 Å². The summed E-state index contributed by atoms with van der Waals surface area (Å²) in [6.45, 7) is 3.31. The van der Waals surface area contributed by atoms with Crippen LogP contribution in [0.4, 0.5) is 11.4 Å². The highest BCUT2D eigenvalue weighted by atomic mass is 35.5. The number of carbonyl (C=O) groups excluding carboxylic acids is 3. The largest absolute Gasteiger partial charge is 0.322 e. The fraction of sp³-hybridized carbons (Fsp3) is 0. The summed E-state index contributed by atoms with van der Waals surface area (Å²) in [5.41, 5.74) is 3.73. The zero-order valence-corrected chi connectivity index (χ0v) is 13.1. The van der Waals surface area contributed by atoms with E-state index in [1.807, 2.05) is 0 Å². The van der Waals surface area contributed by atoms with E-state index in [0.717, 1.165) is 11.0 Å². The van der Waals surface area contributed by atoms with Crippen LogP contribution < -0.4 is 10.2 Å². The molecular formula is C18H11ClN2O3. The Labute approximate surface area is 142 Å². The Morgan fingerprint density at radius 1 is 1.12 bits per heavy atom. The second kappa shape index (κ2) is 6.16. The van der Waals surface area contributed by atoms with Crippen LogP contribution in [-0.2, 0) is 4.79 Å². The molecular weight excluding hydrogens is 328 g/mol. The summed E-state index contributed by atoms with van der Waals surface area (Å²) in [5.74, 6) is -1.26. The van der Waals surface area contributed by atoms with Gasteiger partial charge in [-0.3, -0.25) is 14.4 Å². The van der Waals surface area contributed by atoms with E-state index in [9.17, 15) is 14.4 Å². The lowest BCUT2D eigenvalue weighted by molar-refractivity contribution is -0.111. The Bertz CT molecular complexity index is 895. The van der Waals surface area contributed by atoms with Gasteiger partial charge in [0.15, 0.2) is 0 Å². The van der Waals surface area contributed by atoms with Crippen molar-refractivity contribution in [3.05, 3.63) is 77.0 Å². The fourth-order valence-corrected chi connectivity index (χ4v) is 2.71. The smallest absolute Gasteiger partial charge is 0.266 e. The van der Waals surface area contributed by atoms with Gasteiger partial charge in [-0.05, 0) is 30.3 Å². The number of fused-ring (bicyclic) bond motifs is 1. The van der Waals surface area contributed by atoms with E-state index in [0.29, 0.717) is 16.8 Å². The quantitative estimate of drug-likeness (QED) is 0.530. The first-order chi connectivity index (χ1) is 11.5. The molecule has 0 unspecified atom stereocenters. The van der Waals surface area contributed by atoms with Gasteiger partial charge in [0.2, 0.25) is 0 Å². The molecule has 24 heavy (non-hydrogen) atoms. The zero-order valence-electron chi connectivity index (χ0n) is 12.4. The number of carbonyl (C=O) groups is 3. The predicted molar refractivity (Wildman–Crippen MR) is 91.4 cm³/mol. The third-order valence-electron chi connectivity index (χ3n) is 3.48. The molecule has 1 N–H and O–H groups in total. The number of amides is 3. The Hall–Kier alpha value is -3.14. The maximum atomic E-state index is 12.5. The van der Waals surface area contributed by atoms with Gasteiger partial charge in [0.1, 0.15) is 0 Å². The maximum Gasteiger partial charge on any atom is 0.266 e. The highest BCUT2D eigenvalue weighted by molar-refractivity contribution is 6.40. The minimum atomic E-state index is -0.427. The summed E-state index contributed by atoms with van der Waals surface area (Å²) < 4.78 is 0. The summed E-state index contributed by atoms with van der Waals surface area (Å²) in [6, 6.07) is 11.1. The topological polar surface area (TPSA) is 66.5 Å². The van der Waals surface area contributed by atoms with Gasteiger partial charge >= 0.3 is 0 Å². The highest BCUT2D eigenvalue weighted by Gasteiger charge is 2.37. The van der Waals surface area contributed by atoms with Crippen molar-refractivity contribution in [1.29, 1.82) is 0 Å². The third-order valence-corrected chi connectivity index (χ3v) is 3.79. The molecule has 5 nitrogen and oxygen atoms in total. The molecule has 0 spiro atoms. The van der Waals surface area contributed by atoms with Crippen molar-refractivity contribution in [1.82, 2.24) is 0 Å². The Morgan fingerprint density at radius 2 is 1.75 bits per heavy atom. The van der Waals surface area contributed by atoms with E-state index in [1.54, 1.807) is 30.3 Å². The van der Waals surface area contributed by atoms with E-state index < -0.39 is 17.7 Å². The van der Waals surface area contributed by atoms with E-state index >= 15 is 0 Å². The summed E-state index contributed by atoms with van der Waals surface area (Å²) in [7, 11) is 0. The van der Waals surface area contributed by atoms with Crippen molar-refractivity contribution >= 4 is 40.7 Å². The number of nitrogens with zero attached hydrogens (tertiary/aromatic N) is 1. The van der Waals surface area contributed by atoms with Crippen LogP contribution in [0, 0.1) is 0 Å². The molecule has 0 radical (unpaired) electrons. The van der Waals surface area contributed by atoms with Gasteiger partial charge in [0.05, 0.1) is 21.8 Å². The average Bonchev–Trinajstić information content (AvgIpc) is 2.80. The van der Waals surface area contributed by atoms with Crippen molar-refractivity contribution in [2.75, 3.05) is 10.2 Å².